The molecule has 2 unspecified atom stereocenters. The van der Waals surface area contributed by atoms with E-state index in [0.29, 0.717) is 16.9 Å². The average Bonchev–Trinajstić information content (AvgIpc) is 3.13. The van der Waals surface area contributed by atoms with E-state index in [-0.39, 0.29) is 53.8 Å². The summed E-state index contributed by atoms with van der Waals surface area (Å²) in [6.45, 7) is 2.28. The highest BCUT2D eigenvalue weighted by molar-refractivity contribution is 9.25. The second-order valence-corrected chi connectivity index (χ2v) is 18.7. The summed E-state index contributed by atoms with van der Waals surface area (Å²) in [6, 6.07) is 16.3. The highest BCUT2D eigenvalue weighted by atomic mass is 79.9. The molecule has 2 atom stereocenters. The van der Waals surface area contributed by atoms with Crippen molar-refractivity contribution in [3.05, 3.63) is 125 Å². The van der Waals surface area contributed by atoms with Crippen LogP contribution < -0.4 is 20.1 Å². The maximum atomic E-state index is 14.6. The predicted octanol–water partition coefficient (Wildman–Crippen LogP) is 9.58. The van der Waals surface area contributed by atoms with Gasteiger partial charge in [-0.05, 0) is 78.2 Å². The van der Waals surface area contributed by atoms with E-state index in [1.54, 1.807) is 44.4 Å². The minimum atomic E-state index is -4.83. The van der Waals surface area contributed by atoms with E-state index in [2.05, 4.69) is 73.1 Å². The quantitative estimate of drug-likeness (QED) is 0.129. The van der Waals surface area contributed by atoms with Crippen LogP contribution in [0, 0.1) is 5.82 Å². The summed E-state index contributed by atoms with van der Waals surface area (Å²) in [5, 5.41) is 24.8. The van der Waals surface area contributed by atoms with E-state index in [9.17, 15) is 41.8 Å². The van der Waals surface area contributed by atoms with E-state index >= 15 is 0 Å². The number of hydrogen-bond acceptors (Lipinski definition) is 8. The molecule has 1 aliphatic carbocycles. The molecule has 3 aliphatic rings. The van der Waals surface area contributed by atoms with Gasteiger partial charge >= 0.3 is 18.3 Å². The number of aliphatic carboxylic acids is 2. The highest BCUT2D eigenvalue weighted by Gasteiger charge is 2.38. The maximum Gasteiger partial charge on any atom is 0.573 e. The highest BCUT2D eigenvalue weighted by Crippen LogP contribution is 2.38. The van der Waals surface area contributed by atoms with Crippen LogP contribution in [0.2, 0.25) is 0 Å². The number of amidine groups is 2. The maximum absolute atomic E-state index is 14.6. The van der Waals surface area contributed by atoms with Crippen LogP contribution in [-0.4, -0.2) is 67.9 Å². The summed E-state index contributed by atoms with van der Waals surface area (Å²) >= 11 is 10.1. The number of allylic oxidation sites excluding steroid dienone is 2. The lowest BCUT2D eigenvalue weighted by atomic mass is 9.82. The van der Waals surface area contributed by atoms with Gasteiger partial charge in [0.05, 0.1) is 46.9 Å². The molecule has 0 bridgehead atoms. The molecule has 0 saturated heterocycles. The molecular weight excluding hydrogens is 955 g/mol. The van der Waals surface area contributed by atoms with Crippen LogP contribution in [0.25, 0.3) is 11.1 Å². The Morgan fingerprint density at radius 2 is 1.49 bits per heavy atom. The Morgan fingerprint density at radius 1 is 0.842 bits per heavy atom. The summed E-state index contributed by atoms with van der Waals surface area (Å²) in [5.41, 5.74) is 0.256. The number of halogens is 8. The first-order chi connectivity index (χ1) is 26.7. The lowest BCUT2D eigenvalue weighted by Gasteiger charge is -2.36. The molecule has 4 N–H and O–H groups in total. The number of alkyl halides is 6. The first-order valence-corrected chi connectivity index (χ1v) is 19.0. The molecular formula is C39H32Br3F5N4O6. The van der Waals surface area contributed by atoms with Gasteiger partial charge in [0.25, 0.3) is 0 Å². The van der Waals surface area contributed by atoms with Crippen LogP contribution in [0.15, 0.2) is 124 Å². The monoisotopic (exact) mass is 984 g/mol. The number of aliphatic imine (C=N–C) groups is 2. The van der Waals surface area contributed by atoms with Gasteiger partial charge in [-0.2, -0.15) is 0 Å². The number of nitrogens with one attached hydrogen (secondary N) is 2. The molecule has 0 fully saturated rings. The first-order valence-electron chi connectivity index (χ1n) is 16.7. The number of hydrogen-bond donors (Lipinski definition) is 4. The van der Waals surface area contributed by atoms with Crippen molar-refractivity contribution in [1.82, 2.24) is 5.32 Å². The lowest BCUT2D eigenvalue weighted by molar-refractivity contribution is -0.274. The summed E-state index contributed by atoms with van der Waals surface area (Å²) in [6.07, 6.45) is 2.99. The molecule has 3 aromatic rings. The molecule has 3 aromatic carbocycles. The first kappa shape index (κ1) is 43.3. The number of carbonyl (C=O) groups is 2. The van der Waals surface area contributed by atoms with Crippen molar-refractivity contribution in [3.8, 4) is 22.6 Å². The van der Waals surface area contributed by atoms with Gasteiger partial charge in [-0.15, -0.1) is 13.2 Å². The SMILES string of the molecule is CC1(Br)C=C(C(=O)O)C(Nc2ccc(-c3cccc(OC(F)(F)F)c3)cc2F)=NC1.COc1cccc(C2(NC3=NCC(Br)(Br)C=C3C(=O)O)C=CC=C(F)C2)c1. The van der Waals surface area contributed by atoms with Gasteiger partial charge in [-0.1, -0.05) is 90.3 Å². The van der Waals surface area contributed by atoms with Crippen molar-refractivity contribution < 1.29 is 51.2 Å². The second-order valence-electron chi connectivity index (χ2n) is 13.0. The molecule has 2 heterocycles. The molecule has 2 aliphatic heterocycles. The second kappa shape index (κ2) is 17.4. The smallest absolute Gasteiger partial charge is 0.497 e. The molecule has 10 nitrogen and oxygen atoms in total. The van der Waals surface area contributed by atoms with Gasteiger partial charge in [0.2, 0.25) is 0 Å². The Morgan fingerprint density at radius 3 is 2.14 bits per heavy atom. The molecule has 6 rings (SSSR count). The molecule has 300 valence electrons. The van der Waals surface area contributed by atoms with Gasteiger partial charge < -0.3 is 30.3 Å². The van der Waals surface area contributed by atoms with Gasteiger partial charge in [-0.25, -0.2) is 18.4 Å². The van der Waals surface area contributed by atoms with Crippen LogP contribution in [0.5, 0.6) is 11.5 Å². The van der Waals surface area contributed by atoms with Crippen molar-refractivity contribution in [1.29, 1.82) is 0 Å². The number of ether oxygens (including phenoxy) is 2. The molecule has 18 heteroatoms. The van der Waals surface area contributed by atoms with Crippen molar-refractivity contribution >= 4 is 77.1 Å². The van der Waals surface area contributed by atoms with E-state index in [1.165, 1.54) is 42.5 Å². The minimum absolute atomic E-state index is 0.000586. The third-order valence-electron chi connectivity index (χ3n) is 8.42. The number of carboxylic acid groups (broad SMARTS) is 2. The van der Waals surface area contributed by atoms with E-state index in [4.69, 9.17) is 4.74 Å². The molecule has 0 spiro atoms. The summed E-state index contributed by atoms with van der Waals surface area (Å²) in [7, 11) is 1.55. The van der Waals surface area contributed by atoms with Crippen molar-refractivity contribution in [2.24, 2.45) is 9.98 Å². The largest absolute Gasteiger partial charge is 0.573 e. The Balaban J connectivity index is 0.000000219. The molecule has 57 heavy (non-hydrogen) atoms. The van der Waals surface area contributed by atoms with Gasteiger partial charge in [-0.3, -0.25) is 9.98 Å². The number of rotatable bonds is 8. The van der Waals surface area contributed by atoms with Crippen LogP contribution in [0.4, 0.5) is 27.6 Å². The Kier molecular flexibility index (Phi) is 13.2. The Labute approximate surface area is 348 Å². The number of methoxy groups -OCH3 is 1. The van der Waals surface area contributed by atoms with E-state index in [1.807, 2.05) is 6.07 Å². The zero-order chi connectivity index (χ0) is 41.8. The fourth-order valence-corrected chi connectivity index (χ4v) is 6.90. The Hall–Kier alpha value is -4.81. The van der Waals surface area contributed by atoms with Gasteiger partial charge in [0.1, 0.15) is 38.0 Å². The zero-order valence-electron chi connectivity index (χ0n) is 29.8. The van der Waals surface area contributed by atoms with Gasteiger partial charge in [0, 0.05) is 6.42 Å². The number of anilines is 1. The third kappa shape index (κ3) is 11.4. The molecule has 0 amide bonds. The molecule has 0 saturated carbocycles. The topological polar surface area (TPSA) is 142 Å². The van der Waals surface area contributed by atoms with E-state index in [0.717, 1.165) is 23.8 Å². The minimum Gasteiger partial charge on any atom is -0.497 e. The van der Waals surface area contributed by atoms with Crippen LogP contribution in [0.3, 0.4) is 0 Å². The Bertz CT molecular complexity index is 2250. The van der Waals surface area contributed by atoms with Crippen molar-refractivity contribution in [3.63, 3.8) is 0 Å². The number of nitrogens with zero attached hydrogens (tertiary/aromatic N) is 2. The zero-order valence-corrected chi connectivity index (χ0v) is 34.6. The standard InChI is InChI=1S/C20H15BrF4N2O3.C19H17Br2FN2O3/c1-19(21)9-14(18(28)29)17(26-10-19)27-16-6-5-12(8-15(16)22)11-3-2-4-13(7-11)30-20(23,24)25;1-27-14-6-2-4-12(8-14)18(7-3-5-13(22)9-18)24-16-15(17(25)26)10-19(20,21)11-23-16/h2-9H,10H2,1H3,(H,26,27)(H,28,29);2-8,10H,9,11H2,1H3,(H,23,24)(H,25,26). The van der Waals surface area contributed by atoms with E-state index < -0.39 is 43.0 Å². The molecule has 0 radical (unpaired) electrons. The summed E-state index contributed by atoms with van der Waals surface area (Å²) < 4.78 is 73.9. The number of carboxylic acids is 2. The number of benzene rings is 3. The van der Waals surface area contributed by atoms with Crippen molar-refractivity contribution in [2.75, 3.05) is 25.5 Å². The fraction of sp³-hybridized carbons (Fsp3) is 0.231. The predicted molar refractivity (Wildman–Crippen MR) is 217 cm³/mol. The van der Waals surface area contributed by atoms with Crippen molar-refractivity contribution in [2.45, 2.75) is 32.8 Å². The summed E-state index contributed by atoms with van der Waals surface area (Å²) in [4.78, 5) is 31.8. The van der Waals surface area contributed by atoms with Crippen LogP contribution in [0.1, 0.15) is 18.9 Å². The van der Waals surface area contributed by atoms with Crippen LogP contribution >= 0.6 is 47.8 Å². The summed E-state index contributed by atoms with van der Waals surface area (Å²) in [5.74, 6) is -2.99. The number of dihydropyridines is 2. The van der Waals surface area contributed by atoms with Gasteiger partial charge in [0.15, 0.2) is 0 Å². The third-order valence-corrected chi connectivity index (χ3v) is 9.86. The normalized spacial score (nSPS) is 21.3. The lowest BCUT2D eigenvalue weighted by Crippen LogP contribution is -2.48. The average molecular weight is 987 g/mol. The van der Waals surface area contributed by atoms with Crippen LogP contribution in [-0.2, 0) is 15.1 Å². The fourth-order valence-electron chi connectivity index (χ4n) is 5.83. The molecule has 0 aromatic heterocycles.